The summed E-state index contributed by atoms with van der Waals surface area (Å²) in [5, 5.41) is 8.81. The van der Waals surface area contributed by atoms with E-state index in [1.54, 1.807) is 17.0 Å². The van der Waals surface area contributed by atoms with Gasteiger partial charge in [-0.05, 0) is 32.4 Å². The molecule has 0 atom stereocenters. The minimum Gasteiger partial charge on any atom is -0.396 e. The molecule has 0 spiro atoms. The molecule has 0 unspecified atom stereocenters. The van der Waals surface area contributed by atoms with Gasteiger partial charge in [0.05, 0.1) is 0 Å². The van der Waals surface area contributed by atoms with Crippen LogP contribution >= 0.6 is 0 Å². The highest BCUT2D eigenvalue weighted by molar-refractivity contribution is 5.95. The third-order valence-corrected chi connectivity index (χ3v) is 2.60. The van der Waals surface area contributed by atoms with Crippen LogP contribution in [0.25, 0.3) is 0 Å². The third-order valence-electron chi connectivity index (χ3n) is 2.60. The van der Waals surface area contributed by atoms with Gasteiger partial charge in [0.25, 0.3) is 5.91 Å². The lowest BCUT2D eigenvalue weighted by Crippen LogP contribution is -2.32. The zero-order valence-electron chi connectivity index (χ0n) is 10.8. The molecule has 6 heteroatoms. The maximum Gasteiger partial charge on any atom is 0.254 e. The van der Waals surface area contributed by atoms with Gasteiger partial charge in [0.15, 0.2) is 0 Å². The van der Waals surface area contributed by atoms with Gasteiger partial charge in [0.2, 0.25) is 0 Å². The highest BCUT2D eigenvalue weighted by atomic mass is 16.3. The van der Waals surface area contributed by atoms with Gasteiger partial charge >= 0.3 is 0 Å². The predicted octanol–water partition coefficient (Wildman–Crippen LogP) is 0.520. The van der Waals surface area contributed by atoms with E-state index in [1.807, 2.05) is 13.8 Å². The van der Waals surface area contributed by atoms with E-state index in [-0.39, 0.29) is 12.5 Å². The van der Waals surface area contributed by atoms with Crippen LogP contribution in [-0.4, -0.2) is 40.6 Å². The quantitative estimate of drug-likeness (QED) is 0.507. The first kappa shape index (κ1) is 14.4. The number of aromatic nitrogens is 1. The van der Waals surface area contributed by atoms with E-state index < -0.39 is 0 Å². The summed E-state index contributed by atoms with van der Waals surface area (Å²) in [5.41, 5.74) is 3.72. The Morgan fingerprint density at radius 3 is 2.83 bits per heavy atom. The number of nitrogens with two attached hydrogens (primary N) is 1. The molecule has 4 N–H and O–H groups in total. The Labute approximate surface area is 107 Å². The third kappa shape index (κ3) is 3.68. The molecular weight excluding hydrogens is 232 g/mol. The van der Waals surface area contributed by atoms with Crippen molar-refractivity contribution in [2.24, 2.45) is 5.84 Å². The zero-order chi connectivity index (χ0) is 13.5. The van der Waals surface area contributed by atoms with Crippen molar-refractivity contribution >= 4 is 11.7 Å². The lowest BCUT2D eigenvalue weighted by Gasteiger charge is -2.20. The van der Waals surface area contributed by atoms with Crippen LogP contribution in [0.3, 0.4) is 0 Å². The second-order valence-electron chi connectivity index (χ2n) is 3.99. The monoisotopic (exact) mass is 252 g/mol. The molecule has 0 radical (unpaired) electrons. The molecule has 0 saturated heterocycles. The van der Waals surface area contributed by atoms with Gasteiger partial charge in [0, 0.05) is 31.0 Å². The van der Waals surface area contributed by atoms with Crippen LogP contribution in [0.2, 0.25) is 0 Å². The number of carbonyl (C=O) groups excluding carboxylic acids is 1. The number of aryl methyl sites for hydroxylation is 1. The number of aliphatic hydroxyl groups excluding tert-OH is 1. The van der Waals surface area contributed by atoms with Crippen molar-refractivity contribution in [3.8, 4) is 0 Å². The molecule has 0 aliphatic heterocycles. The second kappa shape index (κ2) is 6.93. The summed E-state index contributed by atoms with van der Waals surface area (Å²) >= 11 is 0. The van der Waals surface area contributed by atoms with E-state index in [0.29, 0.717) is 30.9 Å². The highest BCUT2D eigenvalue weighted by Crippen LogP contribution is 2.12. The lowest BCUT2D eigenvalue weighted by molar-refractivity contribution is 0.0754. The fourth-order valence-electron chi connectivity index (χ4n) is 1.71. The molecule has 100 valence electrons. The lowest BCUT2D eigenvalue weighted by atomic mass is 10.2. The Balaban J connectivity index is 2.90. The van der Waals surface area contributed by atoms with E-state index in [2.05, 4.69) is 10.4 Å². The average molecular weight is 252 g/mol. The maximum atomic E-state index is 12.3. The summed E-state index contributed by atoms with van der Waals surface area (Å²) in [4.78, 5) is 18.1. The molecule has 1 aromatic heterocycles. The molecule has 0 bridgehead atoms. The Morgan fingerprint density at radius 2 is 2.28 bits per heavy atom. The number of hydrogen-bond acceptors (Lipinski definition) is 5. The Kier molecular flexibility index (Phi) is 5.54. The number of hydrogen-bond donors (Lipinski definition) is 3. The molecule has 0 aliphatic carbocycles. The summed E-state index contributed by atoms with van der Waals surface area (Å²) in [5.74, 6) is 5.70. The van der Waals surface area contributed by atoms with E-state index in [0.717, 1.165) is 5.69 Å². The standard InChI is InChI=1S/C12H20N4O2/c1-3-16(5-4-6-17)12(18)10-7-9(2)14-11(8-10)15-13/h7-8,17H,3-6,13H2,1-2H3,(H,14,15). The van der Waals surface area contributed by atoms with Crippen molar-refractivity contribution in [1.29, 1.82) is 0 Å². The molecule has 1 amide bonds. The number of nitrogen functional groups attached to an aromatic ring is 1. The fourth-order valence-corrected chi connectivity index (χ4v) is 1.71. The molecule has 1 heterocycles. The fraction of sp³-hybridized carbons (Fsp3) is 0.500. The van der Waals surface area contributed by atoms with Crippen molar-refractivity contribution in [2.45, 2.75) is 20.3 Å². The van der Waals surface area contributed by atoms with Crippen LogP contribution in [0.4, 0.5) is 5.82 Å². The van der Waals surface area contributed by atoms with Crippen molar-refractivity contribution in [3.63, 3.8) is 0 Å². The zero-order valence-corrected chi connectivity index (χ0v) is 10.8. The van der Waals surface area contributed by atoms with Crippen molar-refractivity contribution in [3.05, 3.63) is 23.4 Å². The van der Waals surface area contributed by atoms with Gasteiger partial charge in [0.1, 0.15) is 5.82 Å². The average Bonchev–Trinajstić information content (AvgIpc) is 2.38. The van der Waals surface area contributed by atoms with Gasteiger partial charge in [-0.3, -0.25) is 4.79 Å². The number of anilines is 1. The second-order valence-corrected chi connectivity index (χ2v) is 3.99. The van der Waals surface area contributed by atoms with Crippen molar-refractivity contribution < 1.29 is 9.90 Å². The number of nitrogens with zero attached hydrogens (tertiary/aromatic N) is 2. The number of hydrazine groups is 1. The summed E-state index contributed by atoms with van der Waals surface area (Å²) in [6.07, 6.45) is 0.575. The van der Waals surface area contributed by atoms with Gasteiger partial charge in [-0.25, -0.2) is 10.8 Å². The summed E-state index contributed by atoms with van der Waals surface area (Å²) < 4.78 is 0. The minimum atomic E-state index is -0.0760. The molecule has 6 nitrogen and oxygen atoms in total. The van der Waals surface area contributed by atoms with E-state index in [1.165, 1.54) is 0 Å². The number of carbonyl (C=O) groups is 1. The first-order chi connectivity index (χ1) is 8.62. The van der Waals surface area contributed by atoms with Crippen molar-refractivity contribution in [1.82, 2.24) is 9.88 Å². The predicted molar refractivity (Wildman–Crippen MR) is 70.1 cm³/mol. The van der Waals surface area contributed by atoms with Gasteiger partial charge in [-0.1, -0.05) is 0 Å². The van der Waals surface area contributed by atoms with Crippen LogP contribution in [0.15, 0.2) is 12.1 Å². The molecule has 0 aliphatic rings. The number of aliphatic hydroxyl groups is 1. The van der Waals surface area contributed by atoms with Crippen LogP contribution < -0.4 is 11.3 Å². The topological polar surface area (TPSA) is 91.5 Å². The first-order valence-corrected chi connectivity index (χ1v) is 5.97. The number of rotatable bonds is 6. The molecule has 18 heavy (non-hydrogen) atoms. The number of amides is 1. The Bertz CT molecular complexity index is 409. The van der Waals surface area contributed by atoms with Crippen molar-refractivity contribution in [2.75, 3.05) is 25.1 Å². The van der Waals surface area contributed by atoms with Crippen LogP contribution in [0, 0.1) is 6.92 Å². The number of pyridine rings is 1. The number of nitrogens with one attached hydrogen (secondary N) is 1. The molecule has 0 fully saturated rings. The van der Waals surface area contributed by atoms with Gasteiger partial charge < -0.3 is 15.4 Å². The summed E-state index contributed by atoms with van der Waals surface area (Å²) in [6.45, 7) is 4.94. The van der Waals surface area contributed by atoms with Crippen LogP contribution in [0.5, 0.6) is 0 Å². The van der Waals surface area contributed by atoms with E-state index in [9.17, 15) is 4.79 Å². The highest BCUT2D eigenvalue weighted by Gasteiger charge is 2.15. The van der Waals surface area contributed by atoms with Crippen LogP contribution in [0.1, 0.15) is 29.4 Å². The largest absolute Gasteiger partial charge is 0.396 e. The van der Waals surface area contributed by atoms with Crippen LogP contribution in [-0.2, 0) is 0 Å². The normalized spacial score (nSPS) is 10.2. The van der Waals surface area contributed by atoms with E-state index >= 15 is 0 Å². The molecule has 1 rings (SSSR count). The molecule has 0 aromatic carbocycles. The SMILES string of the molecule is CCN(CCCO)C(=O)c1cc(C)nc(NN)c1. The minimum absolute atomic E-state index is 0.0760. The van der Waals surface area contributed by atoms with Gasteiger partial charge in [-0.2, -0.15) is 0 Å². The Morgan fingerprint density at radius 1 is 1.56 bits per heavy atom. The summed E-state index contributed by atoms with van der Waals surface area (Å²) in [7, 11) is 0. The maximum absolute atomic E-state index is 12.3. The molecule has 0 saturated carbocycles. The Hall–Kier alpha value is -1.66. The van der Waals surface area contributed by atoms with Gasteiger partial charge in [-0.15, -0.1) is 0 Å². The molecule has 1 aromatic rings. The van der Waals surface area contributed by atoms with E-state index in [4.69, 9.17) is 10.9 Å². The summed E-state index contributed by atoms with van der Waals surface area (Å²) in [6, 6.07) is 3.35. The first-order valence-electron chi connectivity index (χ1n) is 5.97. The molecular formula is C12H20N4O2. The smallest absolute Gasteiger partial charge is 0.254 e.